The number of thiophene rings is 1. The molecule has 0 spiro atoms. The number of aryl methyl sites for hydroxylation is 1. The van der Waals surface area contributed by atoms with Crippen molar-refractivity contribution in [1.82, 2.24) is 9.88 Å². The quantitative estimate of drug-likeness (QED) is 0.460. The lowest BCUT2D eigenvalue weighted by Gasteiger charge is -2.26. The number of benzene rings is 2. The van der Waals surface area contributed by atoms with Gasteiger partial charge in [-0.2, -0.15) is 0 Å². The Morgan fingerprint density at radius 3 is 3.00 bits per heavy atom. The molecule has 31 heavy (non-hydrogen) atoms. The van der Waals surface area contributed by atoms with E-state index in [2.05, 4.69) is 21.3 Å². The molecule has 5 rings (SSSR count). The minimum Gasteiger partial charge on any atom is -0.483 e. The van der Waals surface area contributed by atoms with Crippen molar-refractivity contribution >= 4 is 54.6 Å². The molecule has 1 saturated heterocycles. The normalized spacial score (nSPS) is 14.9. The SMILES string of the molecule is Cc1nc2c(cc(OCC(=O)Nc3cccc(CN4CCOCC4)c3)c3ccsc32)s1. The second-order valence-electron chi connectivity index (χ2n) is 7.54. The van der Waals surface area contributed by atoms with E-state index in [1.54, 1.807) is 22.7 Å². The Labute approximate surface area is 188 Å². The number of ether oxygens (including phenoxy) is 2. The molecular formula is C23H23N3O3S2. The zero-order valence-corrected chi connectivity index (χ0v) is 18.9. The Kier molecular flexibility index (Phi) is 5.87. The molecule has 0 atom stereocenters. The van der Waals surface area contributed by atoms with E-state index in [1.807, 2.05) is 42.6 Å². The average Bonchev–Trinajstić information content (AvgIpc) is 3.39. The lowest BCUT2D eigenvalue weighted by atomic mass is 10.2. The largest absolute Gasteiger partial charge is 0.483 e. The molecule has 6 nitrogen and oxygen atoms in total. The maximum absolute atomic E-state index is 12.6. The molecule has 3 heterocycles. The van der Waals surface area contributed by atoms with Crippen molar-refractivity contribution in [3.63, 3.8) is 0 Å². The van der Waals surface area contributed by atoms with E-state index in [9.17, 15) is 4.79 Å². The Morgan fingerprint density at radius 1 is 1.26 bits per heavy atom. The first-order valence-electron chi connectivity index (χ1n) is 10.2. The van der Waals surface area contributed by atoms with Gasteiger partial charge < -0.3 is 14.8 Å². The van der Waals surface area contributed by atoms with E-state index in [-0.39, 0.29) is 12.5 Å². The van der Waals surface area contributed by atoms with Crippen molar-refractivity contribution in [3.8, 4) is 5.75 Å². The predicted molar refractivity (Wildman–Crippen MR) is 126 cm³/mol. The van der Waals surface area contributed by atoms with Gasteiger partial charge in [-0.25, -0.2) is 4.98 Å². The van der Waals surface area contributed by atoms with E-state index >= 15 is 0 Å². The number of carbonyl (C=O) groups is 1. The summed E-state index contributed by atoms with van der Waals surface area (Å²) in [4.78, 5) is 19.6. The number of thiazole rings is 1. The molecule has 1 aliphatic heterocycles. The van der Waals surface area contributed by atoms with Gasteiger partial charge in [0, 0.05) is 36.8 Å². The number of anilines is 1. The maximum Gasteiger partial charge on any atom is 0.262 e. The van der Waals surface area contributed by atoms with E-state index in [1.165, 1.54) is 5.56 Å². The summed E-state index contributed by atoms with van der Waals surface area (Å²) in [5, 5.41) is 7.02. The Balaban J connectivity index is 1.25. The van der Waals surface area contributed by atoms with Crippen molar-refractivity contribution in [2.24, 2.45) is 0 Å². The van der Waals surface area contributed by atoms with Gasteiger partial charge in [-0.05, 0) is 36.1 Å². The fourth-order valence-corrected chi connectivity index (χ4v) is 5.64. The highest BCUT2D eigenvalue weighted by Crippen LogP contribution is 2.38. The van der Waals surface area contributed by atoms with Crippen LogP contribution in [0.3, 0.4) is 0 Å². The standard InChI is InChI=1S/C23H23N3O3S2/c1-15-24-22-20(31-15)12-19(18-5-10-30-23(18)22)29-14-21(27)25-17-4-2-3-16(11-17)13-26-6-8-28-9-7-26/h2-5,10-12H,6-9,13-14H2,1H3,(H,25,27). The van der Waals surface area contributed by atoms with Crippen LogP contribution in [0.25, 0.3) is 20.3 Å². The van der Waals surface area contributed by atoms with Gasteiger partial charge >= 0.3 is 0 Å². The van der Waals surface area contributed by atoms with Crippen molar-refractivity contribution < 1.29 is 14.3 Å². The number of carbonyl (C=O) groups excluding carboxylic acids is 1. The average molecular weight is 454 g/mol. The van der Waals surface area contributed by atoms with Crippen molar-refractivity contribution in [2.75, 3.05) is 38.2 Å². The van der Waals surface area contributed by atoms with Crippen molar-refractivity contribution in [3.05, 3.63) is 52.3 Å². The van der Waals surface area contributed by atoms with Crippen molar-refractivity contribution in [2.45, 2.75) is 13.5 Å². The van der Waals surface area contributed by atoms with Crippen LogP contribution in [0.1, 0.15) is 10.6 Å². The molecule has 0 radical (unpaired) electrons. The van der Waals surface area contributed by atoms with Crippen LogP contribution in [-0.2, 0) is 16.1 Å². The molecule has 0 bridgehead atoms. The van der Waals surface area contributed by atoms with Crippen LogP contribution >= 0.6 is 22.7 Å². The van der Waals surface area contributed by atoms with Gasteiger partial charge in [0.1, 0.15) is 5.75 Å². The van der Waals surface area contributed by atoms with Gasteiger partial charge in [0.15, 0.2) is 6.61 Å². The molecule has 160 valence electrons. The van der Waals surface area contributed by atoms with Crippen LogP contribution in [0.15, 0.2) is 41.8 Å². The first kappa shape index (κ1) is 20.4. The molecule has 0 unspecified atom stereocenters. The Bertz CT molecular complexity index is 1230. The third-order valence-electron chi connectivity index (χ3n) is 5.25. The zero-order valence-electron chi connectivity index (χ0n) is 17.2. The molecule has 1 fully saturated rings. The number of nitrogens with zero attached hydrogens (tertiary/aromatic N) is 2. The lowest BCUT2D eigenvalue weighted by Crippen LogP contribution is -2.35. The predicted octanol–water partition coefficient (Wildman–Crippen LogP) is 4.67. The molecule has 1 amide bonds. The second kappa shape index (κ2) is 8.92. The third kappa shape index (κ3) is 4.57. The van der Waals surface area contributed by atoms with E-state index in [0.717, 1.165) is 69.6 Å². The van der Waals surface area contributed by atoms with E-state index in [0.29, 0.717) is 0 Å². The van der Waals surface area contributed by atoms with Gasteiger partial charge in [-0.15, -0.1) is 22.7 Å². The third-order valence-corrected chi connectivity index (χ3v) is 7.09. The summed E-state index contributed by atoms with van der Waals surface area (Å²) in [6.07, 6.45) is 0. The van der Waals surface area contributed by atoms with Gasteiger partial charge in [0.2, 0.25) is 0 Å². The minimum absolute atomic E-state index is 0.0398. The van der Waals surface area contributed by atoms with E-state index < -0.39 is 0 Å². The van der Waals surface area contributed by atoms with Gasteiger partial charge in [0.05, 0.1) is 33.1 Å². The molecule has 0 aliphatic carbocycles. The molecule has 8 heteroatoms. The number of fused-ring (bicyclic) bond motifs is 3. The molecule has 1 aliphatic rings. The number of hydrogen-bond donors (Lipinski definition) is 1. The summed E-state index contributed by atoms with van der Waals surface area (Å²) in [6, 6.07) is 12.0. The number of rotatable bonds is 6. The topological polar surface area (TPSA) is 63.7 Å². The minimum atomic E-state index is -0.174. The number of amides is 1. The van der Waals surface area contributed by atoms with Crippen LogP contribution in [-0.4, -0.2) is 48.7 Å². The lowest BCUT2D eigenvalue weighted by molar-refractivity contribution is -0.118. The van der Waals surface area contributed by atoms with Crippen LogP contribution in [0.5, 0.6) is 5.75 Å². The maximum atomic E-state index is 12.6. The Morgan fingerprint density at radius 2 is 2.13 bits per heavy atom. The molecule has 4 aromatic rings. The zero-order chi connectivity index (χ0) is 21.2. The highest BCUT2D eigenvalue weighted by atomic mass is 32.1. The van der Waals surface area contributed by atoms with Crippen molar-refractivity contribution in [1.29, 1.82) is 0 Å². The van der Waals surface area contributed by atoms with Gasteiger partial charge in [-0.1, -0.05) is 12.1 Å². The number of morpholine rings is 1. The summed E-state index contributed by atoms with van der Waals surface area (Å²) in [5.41, 5.74) is 2.97. The summed E-state index contributed by atoms with van der Waals surface area (Å²) < 4.78 is 13.5. The molecule has 2 aromatic carbocycles. The molecule has 0 saturated carbocycles. The second-order valence-corrected chi connectivity index (χ2v) is 9.69. The fraction of sp³-hybridized carbons (Fsp3) is 0.304. The van der Waals surface area contributed by atoms with Crippen LogP contribution in [0.2, 0.25) is 0 Å². The number of aromatic nitrogens is 1. The van der Waals surface area contributed by atoms with Crippen LogP contribution in [0.4, 0.5) is 5.69 Å². The highest BCUT2D eigenvalue weighted by Gasteiger charge is 2.14. The van der Waals surface area contributed by atoms with Gasteiger partial charge in [-0.3, -0.25) is 9.69 Å². The van der Waals surface area contributed by atoms with Gasteiger partial charge in [0.25, 0.3) is 5.91 Å². The Hall–Kier alpha value is -2.52. The first-order valence-corrected chi connectivity index (χ1v) is 11.9. The number of nitrogens with one attached hydrogen (secondary N) is 1. The summed E-state index contributed by atoms with van der Waals surface area (Å²) in [6.45, 7) is 6.24. The molecule has 1 N–H and O–H groups in total. The van der Waals surface area contributed by atoms with Crippen LogP contribution in [0, 0.1) is 6.92 Å². The highest BCUT2D eigenvalue weighted by molar-refractivity contribution is 7.21. The van der Waals surface area contributed by atoms with Crippen LogP contribution < -0.4 is 10.1 Å². The molecular weight excluding hydrogens is 430 g/mol. The monoisotopic (exact) mass is 453 g/mol. The summed E-state index contributed by atoms with van der Waals surface area (Å²) in [5.74, 6) is 0.552. The number of hydrogen-bond acceptors (Lipinski definition) is 7. The fourth-order valence-electron chi connectivity index (χ4n) is 3.81. The summed E-state index contributed by atoms with van der Waals surface area (Å²) in [7, 11) is 0. The smallest absolute Gasteiger partial charge is 0.262 e. The van der Waals surface area contributed by atoms with E-state index in [4.69, 9.17) is 9.47 Å². The molecule has 2 aromatic heterocycles. The first-order chi connectivity index (χ1) is 15.2. The summed E-state index contributed by atoms with van der Waals surface area (Å²) >= 11 is 3.29.